The van der Waals surface area contributed by atoms with Crippen LogP contribution in [0.3, 0.4) is 0 Å². The number of anilines is 1. The first kappa shape index (κ1) is 28.3. The summed E-state index contributed by atoms with van der Waals surface area (Å²) < 4.78 is 16.1. The van der Waals surface area contributed by atoms with Crippen LogP contribution < -0.4 is 15.5 Å². The van der Waals surface area contributed by atoms with Crippen LogP contribution in [0.1, 0.15) is 67.4 Å². The lowest BCUT2D eigenvalue weighted by Crippen LogP contribution is -2.56. The molecule has 1 atom stereocenters. The summed E-state index contributed by atoms with van der Waals surface area (Å²) in [5, 5.41) is 5.81. The third kappa shape index (κ3) is 10.5. The molecule has 0 radical (unpaired) electrons. The van der Waals surface area contributed by atoms with E-state index in [4.69, 9.17) is 14.2 Å². The highest BCUT2D eigenvalue weighted by atomic mass is 16.6. The standard InChI is InChI=1S/C24H39N5O6/c1-22(2,3)33-18(30)11-24(7,8)35-21(32)28-14-16-12-26-20(27-13-16)29-10-9-25-17(15-29)19(31)34-23(4,5)6/h12-13,17,25H,9-11,14-15H2,1-8H3,(H,28,32)/t17-/m0/s1. The molecular formula is C24H39N5O6. The lowest BCUT2D eigenvalue weighted by Gasteiger charge is -2.33. The molecule has 1 aliphatic rings. The number of esters is 2. The van der Waals surface area contributed by atoms with E-state index in [1.54, 1.807) is 47.0 Å². The zero-order valence-electron chi connectivity index (χ0n) is 22.1. The normalized spacial score (nSPS) is 16.9. The average molecular weight is 494 g/mol. The van der Waals surface area contributed by atoms with Gasteiger partial charge in [-0.25, -0.2) is 14.8 Å². The minimum atomic E-state index is -1.03. The fourth-order valence-electron chi connectivity index (χ4n) is 3.29. The molecule has 1 aliphatic heterocycles. The van der Waals surface area contributed by atoms with Gasteiger partial charge in [-0.2, -0.15) is 0 Å². The third-order valence-corrected chi connectivity index (χ3v) is 4.64. The SMILES string of the molecule is CC(C)(C)OC(=O)CC(C)(C)OC(=O)NCc1cnc(N2CCN[C@H](C(=O)OC(C)(C)C)C2)nc1. The molecule has 2 rings (SSSR count). The Kier molecular flexibility index (Phi) is 9.05. The fraction of sp³-hybridized carbons (Fsp3) is 0.708. The summed E-state index contributed by atoms with van der Waals surface area (Å²) in [6.45, 7) is 15.9. The number of piperazine rings is 1. The van der Waals surface area contributed by atoms with Gasteiger partial charge in [-0.3, -0.25) is 9.59 Å². The molecule has 0 aliphatic carbocycles. The molecule has 196 valence electrons. The largest absolute Gasteiger partial charge is 0.460 e. The first-order valence-corrected chi connectivity index (χ1v) is 11.7. The van der Waals surface area contributed by atoms with Crippen LogP contribution in [0.5, 0.6) is 0 Å². The third-order valence-electron chi connectivity index (χ3n) is 4.64. The number of amides is 1. The Balaban J connectivity index is 1.85. The van der Waals surface area contributed by atoms with E-state index in [0.29, 0.717) is 31.1 Å². The number of nitrogens with one attached hydrogen (secondary N) is 2. The lowest BCUT2D eigenvalue weighted by molar-refractivity contribution is -0.159. The summed E-state index contributed by atoms with van der Waals surface area (Å²) in [6.07, 6.45) is 2.49. The average Bonchev–Trinajstić information content (AvgIpc) is 2.69. The van der Waals surface area contributed by atoms with Gasteiger partial charge in [0.05, 0.1) is 6.42 Å². The molecule has 2 heterocycles. The molecule has 1 fully saturated rings. The smallest absolute Gasteiger partial charge is 0.407 e. The van der Waals surface area contributed by atoms with Crippen molar-refractivity contribution in [2.75, 3.05) is 24.5 Å². The molecule has 0 unspecified atom stereocenters. The van der Waals surface area contributed by atoms with Gasteiger partial charge in [-0.05, 0) is 55.4 Å². The van der Waals surface area contributed by atoms with E-state index in [9.17, 15) is 14.4 Å². The van der Waals surface area contributed by atoms with Crippen molar-refractivity contribution in [2.45, 2.75) is 91.2 Å². The van der Waals surface area contributed by atoms with Crippen molar-refractivity contribution in [3.8, 4) is 0 Å². The highest BCUT2D eigenvalue weighted by Crippen LogP contribution is 2.19. The van der Waals surface area contributed by atoms with Crippen LogP contribution in [0.2, 0.25) is 0 Å². The van der Waals surface area contributed by atoms with Crippen LogP contribution in [0.15, 0.2) is 12.4 Å². The highest BCUT2D eigenvalue weighted by molar-refractivity contribution is 5.77. The molecule has 1 amide bonds. The Morgan fingerprint density at radius 3 is 2.17 bits per heavy atom. The second-order valence-electron chi connectivity index (χ2n) is 11.1. The number of hydrogen-bond acceptors (Lipinski definition) is 10. The molecule has 0 spiro atoms. The summed E-state index contributed by atoms with van der Waals surface area (Å²) >= 11 is 0. The molecule has 35 heavy (non-hydrogen) atoms. The second-order valence-corrected chi connectivity index (χ2v) is 11.1. The second kappa shape index (κ2) is 11.2. The van der Waals surface area contributed by atoms with E-state index in [2.05, 4.69) is 20.6 Å². The number of ether oxygens (including phenoxy) is 3. The topological polar surface area (TPSA) is 132 Å². The zero-order chi connectivity index (χ0) is 26.4. The van der Waals surface area contributed by atoms with Crippen LogP contribution in [-0.4, -0.2) is 70.5 Å². The Bertz CT molecular complexity index is 889. The predicted octanol–water partition coefficient (Wildman–Crippen LogP) is 2.33. The molecule has 0 bridgehead atoms. The maximum absolute atomic E-state index is 12.4. The Hall–Kier alpha value is -2.95. The fourth-order valence-corrected chi connectivity index (χ4v) is 3.29. The number of carbonyl (C=O) groups is 3. The molecule has 0 aromatic carbocycles. The first-order chi connectivity index (χ1) is 16.0. The summed E-state index contributed by atoms with van der Waals surface area (Å²) in [4.78, 5) is 47.3. The monoisotopic (exact) mass is 493 g/mol. The van der Waals surface area contributed by atoms with Gasteiger partial charge in [0, 0.05) is 44.1 Å². The molecule has 1 saturated heterocycles. The maximum Gasteiger partial charge on any atom is 0.407 e. The van der Waals surface area contributed by atoms with Crippen LogP contribution >= 0.6 is 0 Å². The van der Waals surface area contributed by atoms with Gasteiger partial charge in [0.15, 0.2) is 0 Å². The van der Waals surface area contributed by atoms with Gasteiger partial charge < -0.3 is 29.7 Å². The van der Waals surface area contributed by atoms with Gasteiger partial charge in [-0.15, -0.1) is 0 Å². The number of carbonyl (C=O) groups excluding carboxylic acids is 3. The van der Waals surface area contributed by atoms with Crippen molar-refractivity contribution >= 4 is 24.0 Å². The van der Waals surface area contributed by atoms with Crippen LogP contribution in [0.25, 0.3) is 0 Å². The Morgan fingerprint density at radius 1 is 1.00 bits per heavy atom. The Morgan fingerprint density at radius 2 is 1.60 bits per heavy atom. The summed E-state index contributed by atoms with van der Waals surface area (Å²) in [5.74, 6) is -0.262. The molecule has 2 N–H and O–H groups in total. The van der Waals surface area contributed by atoms with Gasteiger partial charge in [0.25, 0.3) is 0 Å². The highest BCUT2D eigenvalue weighted by Gasteiger charge is 2.31. The maximum atomic E-state index is 12.4. The zero-order valence-corrected chi connectivity index (χ0v) is 22.1. The number of nitrogens with zero attached hydrogens (tertiary/aromatic N) is 3. The molecular weight excluding hydrogens is 454 g/mol. The van der Waals surface area contributed by atoms with Crippen LogP contribution in [0.4, 0.5) is 10.7 Å². The lowest BCUT2D eigenvalue weighted by atomic mass is 10.1. The minimum Gasteiger partial charge on any atom is -0.460 e. The molecule has 11 nitrogen and oxygen atoms in total. The molecule has 0 saturated carbocycles. The van der Waals surface area contributed by atoms with Crippen molar-refractivity contribution in [3.63, 3.8) is 0 Å². The van der Waals surface area contributed by atoms with E-state index in [1.165, 1.54) is 0 Å². The molecule has 1 aromatic heterocycles. The predicted molar refractivity (Wildman–Crippen MR) is 130 cm³/mol. The van der Waals surface area contributed by atoms with E-state index in [1.807, 2.05) is 25.7 Å². The quantitative estimate of drug-likeness (QED) is 0.431. The minimum absolute atomic E-state index is 0.0650. The van der Waals surface area contributed by atoms with E-state index >= 15 is 0 Å². The first-order valence-electron chi connectivity index (χ1n) is 11.7. The number of hydrogen-bond donors (Lipinski definition) is 2. The number of alkyl carbamates (subject to hydrolysis) is 1. The van der Waals surface area contributed by atoms with Crippen molar-refractivity contribution < 1.29 is 28.6 Å². The van der Waals surface area contributed by atoms with Crippen molar-refractivity contribution in [1.82, 2.24) is 20.6 Å². The van der Waals surface area contributed by atoms with E-state index < -0.39 is 34.9 Å². The van der Waals surface area contributed by atoms with Crippen molar-refractivity contribution in [2.24, 2.45) is 0 Å². The summed E-state index contributed by atoms with van der Waals surface area (Å²) in [7, 11) is 0. The number of aromatic nitrogens is 2. The number of rotatable bonds is 7. The summed E-state index contributed by atoms with van der Waals surface area (Å²) in [5.41, 5.74) is -1.52. The van der Waals surface area contributed by atoms with Crippen LogP contribution in [-0.2, 0) is 30.3 Å². The van der Waals surface area contributed by atoms with Crippen LogP contribution in [0, 0.1) is 0 Å². The van der Waals surface area contributed by atoms with Gasteiger partial charge in [0.1, 0.15) is 22.8 Å². The van der Waals surface area contributed by atoms with Crippen molar-refractivity contribution in [1.29, 1.82) is 0 Å². The van der Waals surface area contributed by atoms with Gasteiger partial charge in [0.2, 0.25) is 5.95 Å². The summed E-state index contributed by atoms with van der Waals surface area (Å²) in [6, 6.07) is -0.466. The van der Waals surface area contributed by atoms with Crippen molar-refractivity contribution in [3.05, 3.63) is 18.0 Å². The van der Waals surface area contributed by atoms with E-state index in [-0.39, 0.29) is 18.9 Å². The molecule has 1 aromatic rings. The van der Waals surface area contributed by atoms with Gasteiger partial charge >= 0.3 is 18.0 Å². The molecule has 11 heteroatoms. The Labute approximate surface area is 207 Å². The van der Waals surface area contributed by atoms with E-state index in [0.717, 1.165) is 0 Å². The van der Waals surface area contributed by atoms with Gasteiger partial charge in [-0.1, -0.05) is 0 Å².